The van der Waals surface area contributed by atoms with Gasteiger partial charge in [-0.1, -0.05) is 0 Å². The molecule has 0 fully saturated rings. The molecule has 0 rings (SSSR count). The zero-order valence-corrected chi connectivity index (χ0v) is 11.4. The zero-order valence-electron chi connectivity index (χ0n) is 9.47. The monoisotopic (exact) mass is 272 g/mol. The highest BCUT2D eigenvalue weighted by molar-refractivity contribution is 7.74. The van der Waals surface area contributed by atoms with Crippen LogP contribution in [-0.2, 0) is 8.88 Å². The van der Waals surface area contributed by atoms with E-state index in [4.69, 9.17) is 19.6 Å². The summed E-state index contributed by atoms with van der Waals surface area (Å²) in [7, 11) is -2.63. The summed E-state index contributed by atoms with van der Waals surface area (Å²) in [6.45, 7) is 0.266. The van der Waals surface area contributed by atoms with Crippen LogP contribution in [0.3, 0.4) is 0 Å². The molecule has 0 spiro atoms. The van der Waals surface area contributed by atoms with Crippen LogP contribution in [-0.4, -0.2) is 53.6 Å². The molecule has 96 valence electrons. The Bertz CT molecular complexity index is 158. The predicted molar refractivity (Wildman–Crippen MR) is 66.7 cm³/mol. The van der Waals surface area contributed by atoms with Gasteiger partial charge in [0.15, 0.2) is 0 Å². The Kier molecular flexibility index (Phi) is 10.8. The molecule has 0 aromatic heterocycles. The number of aliphatic hydroxyl groups is 3. The molecule has 0 saturated heterocycles. The van der Waals surface area contributed by atoms with Crippen molar-refractivity contribution in [1.82, 2.24) is 0 Å². The number of hydrogen-bond donors (Lipinski definition) is 3. The van der Waals surface area contributed by atoms with E-state index in [1.165, 1.54) is 0 Å². The van der Waals surface area contributed by atoms with Crippen LogP contribution in [0, 0.1) is 0 Å². The highest BCUT2D eigenvalue weighted by atomic mass is 31.2. The molecule has 16 heavy (non-hydrogen) atoms. The van der Waals surface area contributed by atoms with Crippen LogP contribution in [0.1, 0.15) is 19.3 Å². The van der Waals surface area contributed by atoms with Crippen molar-refractivity contribution >= 4 is 16.2 Å². The molecule has 0 amide bonds. The Labute approximate surface area is 98.5 Å². The summed E-state index contributed by atoms with van der Waals surface area (Å²) in [5.41, 5.74) is 0. The fourth-order valence-corrected chi connectivity index (χ4v) is 6.18. The first kappa shape index (κ1) is 16.4. The minimum Gasteiger partial charge on any atom is -0.396 e. The van der Waals surface area contributed by atoms with Crippen molar-refractivity contribution in [3.63, 3.8) is 0 Å². The van der Waals surface area contributed by atoms with Gasteiger partial charge in [0.2, 0.25) is 7.49 Å². The third kappa shape index (κ3) is 6.85. The van der Waals surface area contributed by atoms with Gasteiger partial charge in [0.25, 0.3) is 0 Å². The standard InChI is InChI=1S/C9H22O5P2/c10-4-1-7-16(14-15-13,8-2-5-11)9-3-6-12/h10-12,15H,1-9H2/q+2. The SMILES string of the molecule is O=[PH+]O[P+](CCCO)(CCCO)CCCO. The highest BCUT2D eigenvalue weighted by Crippen LogP contribution is 2.63. The molecule has 0 aliphatic heterocycles. The largest absolute Gasteiger partial charge is 0.533 e. The highest BCUT2D eigenvalue weighted by Gasteiger charge is 2.43. The summed E-state index contributed by atoms with van der Waals surface area (Å²) in [5, 5.41) is 26.5. The van der Waals surface area contributed by atoms with Crippen molar-refractivity contribution < 1.29 is 24.2 Å². The fraction of sp³-hybridized carbons (Fsp3) is 1.00. The lowest BCUT2D eigenvalue weighted by molar-refractivity contribution is 0.289. The zero-order chi connectivity index (χ0) is 12.3. The van der Waals surface area contributed by atoms with Crippen LogP contribution in [0.4, 0.5) is 0 Å². The van der Waals surface area contributed by atoms with Gasteiger partial charge in [0, 0.05) is 39.1 Å². The molecule has 1 unspecified atom stereocenters. The van der Waals surface area contributed by atoms with E-state index in [9.17, 15) is 4.57 Å². The Balaban J connectivity index is 4.37. The smallest absolute Gasteiger partial charge is 0.396 e. The molecule has 1 atom stereocenters. The third-order valence-electron chi connectivity index (χ3n) is 2.40. The number of aliphatic hydroxyl groups excluding tert-OH is 3. The van der Waals surface area contributed by atoms with E-state index in [2.05, 4.69) is 0 Å². The van der Waals surface area contributed by atoms with E-state index >= 15 is 0 Å². The molecule has 5 nitrogen and oxygen atoms in total. The molecule has 0 aromatic carbocycles. The van der Waals surface area contributed by atoms with Crippen LogP contribution in [0.2, 0.25) is 0 Å². The van der Waals surface area contributed by atoms with E-state index < -0.39 is 16.2 Å². The van der Waals surface area contributed by atoms with Crippen LogP contribution < -0.4 is 0 Å². The van der Waals surface area contributed by atoms with Crippen LogP contribution in [0.5, 0.6) is 0 Å². The van der Waals surface area contributed by atoms with E-state index in [0.29, 0.717) is 37.7 Å². The van der Waals surface area contributed by atoms with Gasteiger partial charge in [-0.05, 0) is 8.88 Å². The average Bonchev–Trinajstić information content (AvgIpc) is 2.31. The second-order valence-corrected chi connectivity index (χ2v) is 7.99. The summed E-state index contributed by atoms with van der Waals surface area (Å²) in [5.74, 6) is 0. The summed E-state index contributed by atoms with van der Waals surface area (Å²) in [6.07, 6.45) is 3.98. The second kappa shape index (κ2) is 10.5. The summed E-state index contributed by atoms with van der Waals surface area (Å²) in [6, 6.07) is 0. The Morgan fingerprint density at radius 3 is 1.50 bits per heavy atom. The maximum atomic E-state index is 10.7. The first-order valence-electron chi connectivity index (χ1n) is 5.49. The molecule has 0 heterocycles. The van der Waals surface area contributed by atoms with Gasteiger partial charge in [-0.25, -0.2) is 0 Å². The van der Waals surface area contributed by atoms with Gasteiger partial charge in [-0.3, -0.25) is 0 Å². The Morgan fingerprint density at radius 2 is 1.25 bits per heavy atom. The molecule has 0 aromatic rings. The maximum Gasteiger partial charge on any atom is 0.533 e. The van der Waals surface area contributed by atoms with Crippen molar-refractivity contribution in [3.8, 4) is 0 Å². The van der Waals surface area contributed by atoms with E-state index in [-0.39, 0.29) is 19.8 Å². The van der Waals surface area contributed by atoms with Gasteiger partial charge in [-0.15, -0.1) is 0 Å². The third-order valence-corrected chi connectivity index (χ3v) is 7.64. The minimum atomic E-state index is -1.83. The quantitative estimate of drug-likeness (QED) is 0.489. The summed E-state index contributed by atoms with van der Waals surface area (Å²) >= 11 is 0. The first-order chi connectivity index (χ1) is 7.74. The topological polar surface area (TPSA) is 87.0 Å². The van der Waals surface area contributed by atoms with Crippen molar-refractivity contribution in [2.75, 3.05) is 38.3 Å². The van der Waals surface area contributed by atoms with Gasteiger partial charge < -0.3 is 15.3 Å². The summed E-state index contributed by atoms with van der Waals surface area (Å²) in [4.78, 5) is 0. The Hall–Kier alpha value is 0.370. The van der Waals surface area contributed by atoms with Gasteiger partial charge >= 0.3 is 8.69 Å². The molecular weight excluding hydrogens is 250 g/mol. The molecule has 0 saturated carbocycles. The van der Waals surface area contributed by atoms with Gasteiger partial charge in [-0.2, -0.15) is 0 Å². The molecule has 0 aliphatic rings. The number of rotatable bonds is 11. The molecule has 0 aliphatic carbocycles. The molecule has 7 heteroatoms. The number of hydrogen-bond acceptors (Lipinski definition) is 5. The minimum absolute atomic E-state index is 0.0886. The lowest BCUT2D eigenvalue weighted by Gasteiger charge is -2.18. The van der Waals surface area contributed by atoms with Crippen LogP contribution in [0.25, 0.3) is 0 Å². The van der Waals surface area contributed by atoms with Crippen molar-refractivity contribution in [2.24, 2.45) is 0 Å². The molecule has 3 N–H and O–H groups in total. The molecule has 0 bridgehead atoms. The first-order valence-corrected chi connectivity index (χ1v) is 8.57. The van der Waals surface area contributed by atoms with Crippen LogP contribution in [0.15, 0.2) is 0 Å². The second-order valence-electron chi connectivity index (χ2n) is 3.64. The fourth-order valence-electron chi connectivity index (χ4n) is 1.63. The predicted octanol–water partition coefficient (Wildman–Crippen LogP) is 1.02. The molecule has 0 radical (unpaired) electrons. The van der Waals surface area contributed by atoms with E-state index in [0.717, 1.165) is 0 Å². The lowest BCUT2D eigenvalue weighted by Crippen LogP contribution is -2.12. The average molecular weight is 272 g/mol. The van der Waals surface area contributed by atoms with E-state index in [1.807, 2.05) is 0 Å². The van der Waals surface area contributed by atoms with Crippen molar-refractivity contribution in [1.29, 1.82) is 0 Å². The normalized spacial score (nSPS) is 12.2. The van der Waals surface area contributed by atoms with Crippen molar-refractivity contribution in [3.05, 3.63) is 0 Å². The maximum absolute atomic E-state index is 10.7. The van der Waals surface area contributed by atoms with Crippen LogP contribution >= 0.6 is 16.2 Å². The Morgan fingerprint density at radius 1 is 0.875 bits per heavy atom. The molecular formula is C9H22O5P2+2. The van der Waals surface area contributed by atoms with Gasteiger partial charge in [0.05, 0.1) is 18.5 Å². The van der Waals surface area contributed by atoms with Crippen molar-refractivity contribution in [2.45, 2.75) is 19.3 Å². The van der Waals surface area contributed by atoms with Gasteiger partial charge in [0.1, 0.15) is 0 Å². The van der Waals surface area contributed by atoms with E-state index in [1.54, 1.807) is 0 Å². The lowest BCUT2D eigenvalue weighted by atomic mass is 10.5. The summed E-state index contributed by atoms with van der Waals surface area (Å²) < 4.78 is 16.1.